The molecule has 0 radical (unpaired) electrons. The standard InChI is InChI=1S/C9H10N2O3/c12-9(13)7-4-8(11-5-10-7)14-6-2-1-3-6/h4-6H,1-3H2,(H,12,13). The smallest absolute Gasteiger partial charge is 0.354 e. The highest BCUT2D eigenvalue weighted by molar-refractivity contribution is 5.85. The zero-order chi connectivity index (χ0) is 9.97. The van der Waals surface area contributed by atoms with Gasteiger partial charge in [0.15, 0.2) is 5.69 Å². The third kappa shape index (κ3) is 1.81. The van der Waals surface area contributed by atoms with E-state index in [0.717, 1.165) is 12.8 Å². The molecule has 0 bridgehead atoms. The van der Waals surface area contributed by atoms with Gasteiger partial charge in [0.25, 0.3) is 0 Å². The first kappa shape index (κ1) is 8.93. The van der Waals surface area contributed by atoms with Crippen LogP contribution in [0.1, 0.15) is 29.8 Å². The van der Waals surface area contributed by atoms with E-state index >= 15 is 0 Å². The van der Waals surface area contributed by atoms with Crippen molar-refractivity contribution in [3.63, 3.8) is 0 Å². The topological polar surface area (TPSA) is 72.3 Å². The van der Waals surface area contributed by atoms with Crippen molar-refractivity contribution in [2.24, 2.45) is 0 Å². The van der Waals surface area contributed by atoms with Gasteiger partial charge >= 0.3 is 5.97 Å². The van der Waals surface area contributed by atoms with Crippen molar-refractivity contribution in [2.45, 2.75) is 25.4 Å². The van der Waals surface area contributed by atoms with Gasteiger partial charge in [-0.05, 0) is 19.3 Å². The van der Waals surface area contributed by atoms with Crippen molar-refractivity contribution >= 4 is 5.97 Å². The van der Waals surface area contributed by atoms with E-state index in [1.807, 2.05) is 0 Å². The molecule has 2 rings (SSSR count). The Morgan fingerprint density at radius 3 is 2.86 bits per heavy atom. The summed E-state index contributed by atoms with van der Waals surface area (Å²) in [5, 5.41) is 8.67. The highest BCUT2D eigenvalue weighted by Crippen LogP contribution is 2.23. The molecule has 0 spiro atoms. The van der Waals surface area contributed by atoms with Crippen molar-refractivity contribution in [3.8, 4) is 5.88 Å². The molecule has 1 heterocycles. The van der Waals surface area contributed by atoms with E-state index in [4.69, 9.17) is 9.84 Å². The Morgan fingerprint density at radius 2 is 2.29 bits per heavy atom. The maximum Gasteiger partial charge on any atom is 0.354 e. The molecule has 74 valence electrons. The summed E-state index contributed by atoms with van der Waals surface area (Å²) in [6.07, 6.45) is 4.61. The van der Waals surface area contributed by atoms with Crippen molar-refractivity contribution < 1.29 is 14.6 Å². The lowest BCUT2D eigenvalue weighted by Crippen LogP contribution is -2.25. The van der Waals surface area contributed by atoms with Crippen LogP contribution in [0.15, 0.2) is 12.4 Å². The van der Waals surface area contributed by atoms with E-state index in [1.165, 1.54) is 18.8 Å². The molecule has 14 heavy (non-hydrogen) atoms. The summed E-state index contributed by atoms with van der Waals surface area (Å²) in [5.74, 6) is -0.715. The maximum absolute atomic E-state index is 10.6. The molecular weight excluding hydrogens is 184 g/mol. The third-order valence-corrected chi connectivity index (χ3v) is 2.20. The molecule has 0 atom stereocenters. The lowest BCUT2D eigenvalue weighted by atomic mass is 9.96. The Hall–Kier alpha value is -1.65. The molecule has 1 aromatic heterocycles. The first-order valence-electron chi connectivity index (χ1n) is 4.48. The Balaban J connectivity index is 2.09. The van der Waals surface area contributed by atoms with Crippen LogP contribution in [-0.4, -0.2) is 27.1 Å². The number of ether oxygens (including phenoxy) is 1. The molecule has 0 saturated heterocycles. The van der Waals surface area contributed by atoms with Gasteiger partial charge in [0.05, 0.1) is 0 Å². The fraction of sp³-hybridized carbons (Fsp3) is 0.444. The zero-order valence-corrected chi connectivity index (χ0v) is 7.51. The normalized spacial score (nSPS) is 16.0. The number of aromatic carboxylic acids is 1. The highest BCUT2D eigenvalue weighted by atomic mass is 16.5. The second-order valence-corrected chi connectivity index (χ2v) is 3.22. The number of carboxylic acid groups (broad SMARTS) is 1. The van der Waals surface area contributed by atoms with Crippen LogP contribution in [0.3, 0.4) is 0 Å². The number of nitrogens with zero attached hydrogens (tertiary/aromatic N) is 2. The Kier molecular flexibility index (Phi) is 2.30. The number of carbonyl (C=O) groups is 1. The molecule has 1 aromatic rings. The van der Waals surface area contributed by atoms with Crippen LogP contribution in [0.5, 0.6) is 5.88 Å². The van der Waals surface area contributed by atoms with Gasteiger partial charge in [-0.2, -0.15) is 0 Å². The van der Waals surface area contributed by atoms with E-state index in [1.54, 1.807) is 0 Å². The largest absolute Gasteiger partial charge is 0.477 e. The van der Waals surface area contributed by atoms with Crippen LogP contribution < -0.4 is 4.74 Å². The number of aromatic nitrogens is 2. The first-order valence-corrected chi connectivity index (χ1v) is 4.48. The molecule has 0 aliphatic heterocycles. The summed E-state index contributed by atoms with van der Waals surface area (Å²) >= 11 is 0. The summed E-state index contributed by atoms with van der Waals surface area (Å²) in [5.41, 5.74) is -0.0330. The summed E-state index contributed by atoms with van der Waals surface area (Å²) in [6, 6.07) is 1.35. The van der Waals surface area contributed by atoms with Gasteiger partial charge in [-0.1, -0.05) is 0 Å². The van der Waals surface area contributed by atoms with E-state index in [9.17, 15) is 4.79 Å². The van der Waals surface area contributed by atoms with Gasteiger partial charge in [0, 0.05) is 6.07 Å². The zero-order valence-electron chi connectivity index (χ0n) is 7.51. The minimum atomic E-state index is -1.06. The molecule has 1 aliphatic carbocycles. The summed E-state index contributed by atoms with van der Waals surface area (Å²) < 4.78 is 5.43. The third-order valence-electron chi connectivity index (χ3n) is 2.20. The van der Waals surface area contributed by atoms with Gasteiger partial charge in [0.2, 0.25) is 5.88 Å². The van der Waals surface area contributed by atoms with Gasteiger partial charge in [-0.3, -0.25) is 0 Å². The van der Waals surface area contributed by atoms with E-state index < -0.39 is 5.97 Å². The van der Waals surface area contributed by atoms with Crippen LogP contribution in [0.2, 0.25) is 0 Å². The number of rotatable bonds is 3. The molecule has 0 aromatic carbocycles. The maximum atomic E-state index is 10.6. The van der Waals surface area contributed by atoms with Gasteiger partial charge in [0.1, 0.15) is 12.4 Å². The predicted octanol–water partition coefficient (Wildman–Crippen LogP) is 1.11. The van der Waals surface area contributed by atoms with Crippen LogP contribution in [0.25, 0.3) is 0 Å². The first-order chi connectivity index (χ1) is 6.75. The molecule has 1 saturated carbocycles. The minimum absolute atomic E-state index is 0.0330. The highest BCUT2D eigenvalue weighted by Gasteiger charge is 2.20. The van der Waals surface area contributed by atoms with Crippen LogP contribution in [-0.2, 0) is 0 Å². The average Bonchev–Trinajstić information content (AvgIpc) is 2.12. The van der Waals surface area contributed by atoms with Crippen molar-refractivity contribution in [1.82, 2.24) is 9.97 Å². The lowest BCUT2D eigenvalue weighted by molar-refractivity contribution is 0.0687. The molecule has 1 N–H and O–H groups in total. The van der Waals surface area contributed by atoms with E-state index in [0.29, 0.717) is 5.88 Å². The number of carboxylic acids is 1. The lowest BCUT2D eigenvalue weighted by Gasteiger charge is -2.25. The Bertz CT molecular complexity index is 350. The number of hydrogen-bond donors (Lipinski definition) is 1. The van der Waals surface area contributed by atoms with E-state index in [2.05, 4.69) is 9.97 Å². The Labute approximate surface area is 80.8 Å². The molecule has 5 heteroatoms. The fourth-order valence-electron chi connectivity index (χ4n) is 1.18. The molecular formula is C9H10N2O3. The second-order valence-electron chi connectivity index (χ2n) is 3.22. The SMILES string of the molecule is O=C(O)c1cc(OC2CCC2)ncn1. The average molecular weight is 194 g/mol. The second kappa shape index (κ2) is 3.61. The molecule has 0 amide bonds. The van der Waals surface area contributed by atoms with Crippen LogP contribution in [0.4, 0.5) is 0 Å². The monoisotopic (exact) mass is 194 g/mol. The summed E-state index contributed by atoms with van der Waals surface area (Å²) in [4.78, 5) is 18.0. The van der Waals surface area contributed by atoms with Crippen molar-refractivity contribution in [1.29, 1.82) is 0 Å². The molecule has 1 fully saturated rings. The number of hydrogen-bond acceptors (Lipinski definition) is 4. The quantitative estimate of drug-likeness (QED) is 0.780. The molecule has 5 nitrogen and oxygen atoms in total. The molecule has 0 unspecified atom stereocenters. The Morgan fingerprint density at radius 1 is 1.50 bits per heavy atom. The minimum Gasteiger partial charge on any atom is -0.477 e. The van der Waals surface area contributed by atoms with E-state index in [-0.39, 0.29) is 11.8 Å². The van der Waals surface area contributed by atoms with Crippen molar-refractivity contribution in [2.75, 3.05) is 0 Å². The fourth-order valence-corrected chi connectivity index (χ4v) is 1.18. The van der Waals surface area contributed by atoms with Gasteiger partial charge in [-0.25, -0.2) is 14.8 Å². The van der Waals surface area contributed by atoms with Crippen LogP contribution in [0, 0.1) is 0 Å². The summed E-state index contributed by atoms with van der Waals surface area (Å²) in [6.45, 7) is 0. The predicted molar refractivity (Wildman–Crippen MR) is 47.3 cm³/mol. The van der Waals surface area contributed by atoms with Crippen molar-refractivity contribution in [3.05, 3.63) is 18.1 Å². The van der Waals surface area contributed by atoms with Gasteiger partial charge in [-0.15, -0.1) is 0 Å². The summed E-state index contributed by atoms with van der Waals surface area (Å²) in [7, 11) is 0. The molecule has 1 aliphatic rings. The van der Waals surface area contributed by atoms with Gasteiger partial charge < -0.3 is 9.84 Å². The van der Waals surface area contributed by atoms with Crippen LogP contribution >= 0.6 is 0 Å².